The second-order valence-electron chi connectivity index (χ2n) is 6.02. The zero-order valence-electron chi connectivity index (χ0n) is 14.3. The third-order valence-electron chi connectivity index (χ3n) is 4.23. The number of hydrazone groups is 1. The zero-order valence-corrected chi connectivity index (χ0v) is 15.8. The molecule has 1 aliphatic carbocycles. The van der Waals surface area contributed by atoms with Gasteiger partial charge in [0.1, 0.15) is 5.76 Å². The average Bonchev–Trinajstić information content (AvgIpc) is 2.96. The Morgan fingerprint density at radius 2 is 2.15 bits per heavy atom. The van der Waals surface area contributed by atoms with E-state index in [4.69, 9.17) is 34.0 Å². The third-order valence-corrected chi connectivity index (χ3v) is 4.69. The number of rotatable bonds is 4. The maximum Gasteiger partial charge on any atom is 0.287 e. The van der Waals surface area contributed by atoms with Gasteiger partial charge >= 0.3 is 0 Å². The third kappa shape index (κ3) is 3.89. The van der Waals surface area contributed by atoms with E-state index in [0.29, 0.717) is 17.3 Å². The van der Waals surface area contributed by atoms with E-state index in [1.54, 1.807) is 6.07 Å². The zero-order chi connectivity index (χ0) is 18.7. The molecule has 0 saturated carbocycles. The second-order valence-corrected chi connectivity index (χ2v) is 6.86. The van der Waals surface area contributed by atoms with Crippen LogP contribution in [0.15, 0.2) is 33.8 Å². The number of nitrogens with zero attached hydrogens (tertiary/aromatic N) is 1. The van der Waals surface area contributed by atoms with Crippen LogP contribution < -0.4 is 16.5 Å². The van der Waals surface area contributed by atoms with Gasteiger partial charge in [-0.15, -0.1) is 0 Å². The highest BCUT2D eigenvalue weighted by Gasteiger charge is 2.27. The van der Waals surface area contributed by atoms with Crippen LogP contribution >= 0.6 is 23.8 Å². The van der Waals surface area contributed by atoms with Gasteiger partial charge in [-0.1, -0.05) is 29.8 Å². The first-order chi connectivity index (χ1) is 12.5. The minimum absolute atomic E-state index is 0.100. The summed E-state index contributed by atoms with van der Waals surface area (Å²) >= 11 is 10.9. The molecule has 0 spiro atoms. The Morgan fingerprint density at radius 1 is 1.38 bits per heavy atom. The summed E-state index contributed by atoms with van der Waals surface area (Å²) < 4.78 is 5.84. The summed E-state index contributed by atoms with van der Waals surface area (Å²) in [6.07, 6.45) is 2.42. The number of nitrogens with one attached hydrogen (secondary N) is 2. The summed E-state index contributed by atoms with van der Waals surface area (Å²) in [6, 6.07) is 7.38. The summed E-state index contributed by atoms with van der Waals surface area (Å²) in [6.45, 7) is 2.18. The predicted octanol–water partition coefficient (Wildman–Crippen LogP) is 3.05. The number of aryl methyl sites for hydroxylation is 1. The van der Waals surface area contributed by atoms with Crippen LogP contribution in [-0.2, 0) is 13.0 Å². The van der Waals surface area contributed by atoms with Crippen molar-refractivity contribution in [3.63, 3.8) is 0 Å². The molecule has 0 fully saturated rings. The molecule has 0 radical (unpaired) electrons. The van der Waals surface area contributed by atoms with Crippen LogP contribution in [-0.4, -0.2) is 16.7 Å². The number of halogens is 1. The number of hydrogen-bond acceptors (Lipinski definition) is 4. The highest BCUT2D eigenvalue weighted by molar-refractivity contribution is 7.80. The molecule has 0 saturated heterocycles. The average molecular weight is 391 g/mol. The van der Waals surface area contributed by atoms with E-state index >= 15 is 0 Å². The predicted molar refractivity (Wildman–Crippen MR) is 105 cm³/mol. The molecular weight excluding hydrogens is 372 g/mol. The van der Waals surface area contributed by atoms with Gasteiger partial charge in [-0.3, -0.25) is 10.2 Å². The molecule has 4 N–H and O–H groups in total. The van der Waals surface area contributed by atoms with Gasteiger partial charge in [0, 0.05) is 29.1 Å². The fraction of sp³-hybridized carbons (Fsp3) is 0.278. The Morgan fingerprint density at radius 3 is 2.88 bits per heavy atom. The molecule has 1 aromatic heterocycles. The molecule has 0 unspecified atom stereocenters. The van der Waals surface area contributed by atoms with Gasteiger partial charge in [-0.2, -0.15) is 5.10 Å². The van der Waals surface area contributed by atoms with Crippen LogP contribution in [0.2, 0.25) is 5.02 Å². The lowest BCUT2D eigenvalue weighted by Crippen LogP contribution is -2.26. The minimum atomic E-state index is -0.279. The number of furan rings is 1. The Kier molecular flexibility index (Phi) is 5.58. The van der Waals surface area contributed by atoms with Gasteiger partial charge in [-0.25, -0.2) is 0 Å². The minimum Gasteiger partial charge on any atom is -0.455 e. The number of amides is 1. The number of nitrogens with two attached hydrogens (primary N) is 1. The molecule has 26 heavy (non-hydrogen) atoms. The molecular formula is C18H19ClN4O2S. The molecule has 0 bridgehead atoms. The van der Waals surface area contributed by atoms with Crippen LogP contribution in [0.4, 0.5) is 0 Å². The van der Waals surface area contributed by atoms with Crippen molar-refractivity contribution in [1.82, 2.24) is 10.7 Å². The summed E-state index contributed by atoms with van der Waals surface area (Å²) in [5.74, 6) is 0.783. The SMILES string of the molecule is Cc1c(C(=O)NCc2ccccc2Cl)oc2c1/C(=N/NC(N)=S)CCC2. The number of fused-ring (bicyclic) bond motifs is 1. The van der Waals surface area contributed by atoms with Gasteiger partial charge < -0.3 is 15.5 Å². The van der Waals surface area contributed by atoms with E-state index in [-0.39, 0.29) is 11.0 Å². The molecule has 1 aliphatic rings. The van der Waals surface area contributed by atoms with Crippen molar-refractivity contribution in [2.45, 2.75) is 32.7 Å². The van der Waals surface area contributed by atoms with Gasteiger partial charge in [0.15, 0.2) is 10.9 Å². The fourth-order valence-electron chi connectivity index (χ4n) is 3.02. The largest absolute Gasteiger partial charge is 0.455 e. The monoisotopic (exact) mass is 390 g/mol. The van der Waals surface area contributed by atoms with Crippen LogP contribution in [0, 0.1) is 6.92 Å². The number of thiocarbonyl (C=S) groups is 1. The van der Waals surface area contributed by atoms with E-state index in [2.05, 4.69) is 15.8 Å². The molecule has 3 rings (SSSR count). The molecule has 136 valence electrons. The molecule has 1 heterocycles. The van der Waals surface area contributed by atoms with E-state index in [1.807, 2.05) is 25.1 Å². The van der Waals surface area contributed by atoms with Crippen molar-refractivity contribution < 1.29 is 9.21 Å². The summed E-state index contributed by atoms with van der Waals surface area (Å²) in [7, 11) is 0. The number of benzene rings is 1. The van der Waals surface area contributed by atoms with Crippen LogP contribution in [0.1, 0.15) is 45.8 Å². The Labute approximate surface area is 161 Å². The normalized spacial score (nSPS) is 14.8. The first-order valence-electron chi connectivity index (χ1n) is 8.23. The topological polar surface area (TPSA) is 92.6 Å². The smallest absolute Gasteiger partial charge is 0.287 e. The fourth-order valence-corrected chi connectivity index (χ4v) is 3.26. The highest BCUT2D eigenvalue weighted by Crippen LogP contribution is 2.30. The Balaban J connectivity index is 1.81. The van der Waals surface area contributed by atoms with Crippen molar-refractivity contribution in [2.24, 2.45) is 10.8 Å². The second kappa shape index (κ2) is 7.88. The Hall–Kier alpha value is -2.38. The number of hydrogen-bond donors (Lipinski definition) is 3. The molecule has 1 amide bonds. The van der Waals surface area contributed by atoms with Crippen molar-refractivity contribution in [3.8, 4) is 0 Å². The molecule has 1 aromatic carbocycles. The lowest BCUT2D eigenvalue weighted by molar-refractivity contribution is 0.0920. The molecule has 6 nitrogen and oxygen atoms in total. The first-order valence-corrected chi connectivity index (χ1v) is 9.02. The summed E-state index contributed by atoms with van der Waals surface area (Å²) in [5, 5.41) is 7.82. The van der Waals surface area contributed by atoms with Gasteiger partial charge in [0.05, 0.1) is 5.71 Å². The number of carbonyl (C=O) groups is 1. The van der Waals surface area contributed by atoms with Gasteiger partial charge in [0.25, 0.3) is 5.91 Å². The standard InChI is InChI=1S/C18H19ClN4O2S/c1-10-15-13(22-23-18(20)26)7-4-8-14(15)25-16(10)17(24)21-9-11-5-2-3-6-12(11)19/h2-3,5-6H,4,7-9H2,1H3,(H,21,24)(H3,20,23,26)/b22-13+. The van der Waals surface area contributed by atoms with E-state index in [9.17, 15) is 4.79 Å². The first kappa shape index (κ1) is 18.4. The van der Waals surface area contributed by atoms with Crippen LogP contribution in [0.5, 0.6) is 0 Å². The van der Waals surface area contributed by atoms with E-state index in [1.165, 1.54) is 0 Å². The van der Waals surface area contributed by atoms with Crippen molar-refractivity contribution in [1.29, 1.82) is 0 Å². The number of carbonyl (C=O) groups excluding carboxylic acids is 1. The maximum absolute atomic E-state index is 12.6. The molecule has 8 heteroatoms. The lowest BCUT2D eigenvalue weighted by Gasteiger charge is -2.13. The van der Waals surface area contributed by atoms with Gasteiger partial charge in [-0.05, 0) is 43.6 Å². The molecule has 2 aromatic rings. The Bertz CT molecular complexity index is 891. The van der Waals surface area contributed by atoms with Crippen molar-refractivity contribution in [3.05, 3.63) is 57.5 Å². The summed E-state index contributed by atoms with van der Waals surface area (Å²) in [5.41, 5.74) is 11.3. The molecule has 0 aliphatic heterocycles. The maximum atomic E-state index is 12.6. The van der Waals surface area contributed by atoms with E-state index in [0.717, 1.165) is 47.4 Å². The van der Waals surface area contributed by atoms with Crippen molar-refractivity contribution >= 4 is 40.6 Å². The van der Waals surface area contributed by atoms with Gasteiger partial charge in [0.2, 0.25) is 0 Å². The highest BCUT2D eigenvalue weighted by atomic mass is 35.5. The summed E-state index contributed by atoms with van der Waals surface area (Å²) in [4.78, 5) is 12.6. The van der Waals surface area contributed by atoms with Crippen molar-refractivity contribution in [2.75, 3.05) is 0 Å². The van der Waals surface area contributed by atoms with Crippen LogP contribution in [0.25, 0.3) is 0 Å². The van der Waals surface area contributed by atoms with Crippen LogP contribution in [0.3, 0.4) is 0 Å². The lowest BCUT2D eigenvalue weighted by atomic mass is 9.93. The molecule has 0 atom stereocenters. The van der Waals surface area contributed by atoms with E-state index < -0.39 is 0 Å². The quantitative estimate of drug-likeness (QED) is 0.551.